The molecular weight excluding hydrogens is 268 g/mol. The summed E-state index contributed by atoms with van der Waals surface area (Å²) in [5.41, 5.74) is 2.94. The van der Waals surface area contributed by atoms with Crippen molar-refractivity contribution in [3.05, 3.63) is 70.0 Å². The van der Waals surface area contributed by atoms with E-state index < -0.39 is 0 Å². The van der Waals surface area contributed by atoms with Gasteiger partial charge >= 0.3 is 0 Å². The Labute approximate surface area is 120 Å². The molecule has 106 valence electrons. The molecule has 6 nitrogen and oxygen atoms in total. The van der Waals surface area contributed by atoms with E-state index in [4.69, 9.17) is 0 Å². The van der Waals surface area contributed by atoms with Gasteiger partial charge < -0.3 is 14.7 Å². The molecule has 2 N–H and O–H groups in total. The van der Waals surface area contributed by atoms with Crippen LogP contribution in [0.25, 0.3) is 5.65 Å². The molecule has 0 aliphatic rings. The number of carbonyl (C=O) groups excluding carboxylic acids is 1. The number of hydrogen-bond acceptors (Lipinski definition) is 3. The predicted octanol–water partition coefficient (Wildman–Crippen LogP) is 1.26. The molecule has 0 saturated carbocycles. The average Bonchev–Trinajstić information content (AvgIpc) is 2.87. The fourth-order valence-corrected chi connectivity index (χ4v) is 2.07. The van der Waals surface area contributed by atoms with Gasteiger partial charge in [0.2, 0.25) is 5.56 Å². The standard InChI is InChI=1S/C15H14N4O2/c1-10-2-4-13-18-12(9-19(13)8-10)7-17-15(21)11-3-5-14(20)16-6-11/h2-6,8-9H,7H2,1H3,(H,16,20)(H,17,21). The third kappa shape index (κ3) is 2.84. The number of H-pyrrole nitrogens is 1. The second kappa shape index (κ2) is 5.24. The normalized spacial score (nSPS) is 10.7. The summed E-state index contributed by atoms with van der Waals surface area (Å²) in [5.74, 6) is -0.250. The van der Waals surface area contributed by atoms with Crippen molar-refractivity contribution in [1.29, 1.82) is 0 Å². The maximum atomic E-state index is 11.9. The zero-order valence-electron chi connectivity index (χ0n) is 11.5. The summed E-state index contributed by atoms with van der Waals surface area (Å²) < 4.78 is 1.93. The fourth-order valence-electron chi connectivity index (χ4n) is 2.07. The van der Waals surface area contributed by atoms with Crippen LogP contribution in [0.1, 0.15) is 21.6 Å². The highest BCUT2D eigenvalue weighted by molar-refractivity contribution is 5.93. The van der Waals surface area contributed by atoms with Gasteiger partial charge in [-0.3, -0.25) is 9.59 Å². The van der Waals surface area contributed by atoms with E-state index in [1.165, 1.54) is 18.3 Å². The molecule has 0 aliphatic heterocycles. The van der Waals surface area contributed by atoms with Crippen LogP contribution in [0.4, 0.5) is 0 Å². The molecule has 3 aromatic heterocycles. The molecule has 3 heterocycles. The molecule has 0 aromatic carbocycles. The second-order valence-electron chi connectivity index (χ2n) is 4.83. The van der Waals surface area contributed by atoms with E-state index in [1.54, 1.807) is 0 Å². The minimum absolute atomic E-state index is 0.234. The van der Waals surface area contributed by atoms with Crippen molar-refractivity contribution < 1.29 is 4.79 Å². The smallest absolute Gasteiger partial charge is 0.253 e. The second-order valence-corrected chi connectivity index (χ2v) is 4.83. The van der Waals surface area contributed by atoms with E-state index >= 15 is 0 Å². The number of pyridine rings is 2. The van der Waals surface area contributed by atoms with Gasteiger partial charge in [-0.1, -0.05) is 6.07 Å². The van der Waals surface area contributed by atoms with Crippen molar-refractivity contribution in [2.75, 3.05) is 0 Å². The largest absolute Gasteiger partial charge is 0.346 e. The summed E-state index contributed by atoms with van der Waals surface area (Å²) in [6.07, 6.45) is 5.26. The number of aromatic amines is 1. The molecule has 0 bridgehead atoms. The summed E-state index contributed by atoms with van der Waals surface area (Å²) in [7, 11) is 0. The SMILES string of the molecule is Cc1ccc2nc(CNC(=O)c3ccc(=O)[nH]c3)cn2c1. The molecule has 0 unspecified atom stereocenters. The third-order valence-electron chi connectivity index (χ3n) is 3.13. The van der Waals surface area contributed by atoms with Crippen LogP contribution >= 0.6 is 0 Å². The van der Waals surface area contributed by atoms with Gasteiger partial charge in [-0.2, -0.15) is 0 Å². The van der Waals surface area contributed by atoms with Gasteiger partial charge in [0.05, 0.1) is 17.8 Å². The van der Waals surface area contributed by atoms with Gasteiger partial charge in [0.25, 0.3) is 5.91 Å². The van der Waals surface area contributed by atoms with Crippen molar-refractivity contribution in [1.82, 2.24) is 19.7 Å². The number of aromatic nitrogens is 3. The third-order valence-corrected chi connectivity index (χ3v) is 3.13. The van der Waals surface area contributed by atoms with E-state index in [9.17, 15) is 9.59 Å². The van der Waals surface area contributed by atoms with Gasteiger partial charge in [0.1, 0.15) is 5.65 Å². The number of nitrogens with one attached hydrogen (secondary N) is 2. The Morgan fingerprint density at radius 3 is 2.90 bits per heavy atom. The number of rotatable bonds is 3. The molecule has 0 radical (unpaired) electrons. The molecule has 0 saturated heterocycles. The minimum Gasteiger partial charge on any atom is -0.346 e. The minimum atomic E-state index is -0.250. The first-order valence-corrected chi connectivity index (χ1v) is 6.53. The van der Waals surface area contributed by atoms with E-state index in [0.29, 0.717) is 12.1 Å². The van der Waals surface area contributed by atoms with Crippen LogP contribution in [-0.2, 0) is 6.54 Å². The molecular formula is C15H14N4O2. The first-order valence-electron chi connectivity index (χ1n) is 6.53. The highest BCUT2D eigenvalue weighted by Gasteiger charge is 2.07. The van der Waals surface area contributed by atoms with Gasteiger partial charge in [0, 0.05) is 24.7 Å². The number of imidazole rings is 1. The van der Waals surface area contributed by atoms with Crippen molar-refractivity contribution in [2.45, 2.75) is 13.5 Å². The summed E-state index contributed by atoms with van der Waals surface area (Å²) in [5, 5.41) is 2.77. The zero-order valence-corrected chi connectivity index (χ0v) is 11.5. The van der Waals surface area contributed by atoms with Crippen LogP contribution in [0.15, 0.2) is 47.7 Å². The van der Waals surface area contributed by atoms with Crippen LogP contribution in [-0.4, -0.2) is 20.3 Å². The molecule has 3 rings (SSSR count). The number of amides is 1. The van der Waals surface area contributed by atoms with Gasteiger partial charge in [-0.25, -0.2) is 4.98 Å². The van der Waals surface area contributed by atoms with E-state index in [2.05, 4.69) is 15.3 Å². The number of fused-ring (bicyclic) bond motifs is 1. The summed E-state index contributed by atoms with van der Waals surface area (Å²) in [6.45, 7) is 2.34. The summed E-state index contributed by atoms with van der Waals surface area (Å²) >= 11 is 0. The van der Waals surface area contributed by atoms with E-state index in [0.717, 1.165) is 16.9 Å². The molecule has 0 aliphatic carbocycles. The molecule has 0 atom stereocenters. The summed E-state index contributed by atoms with van der Waals surface area (Å²) in [4.78, 5) is 29.8. The monoisotopic (exact) mass is 282 g/mol. The van der Waals surface area contributed by atoms with Crippen molar-refractivity contribution in [3.63, 3.8) is 0 Å². The highest BCUT2D eigenvalue weighted by atomic mass is 16.1. The number of carbonyl (C=O) groups is 1. The van der Waals surface area contributed by atoms with Gasteiger partial charge in [-0.15, -0.1) is 0 Å². The van der Waals surface area contributed by atoms with Gasteiger partial charge in [-0.05, 0) is 24.6 Å². The molecule has 0 spiro atoms. The lowest BCUT2D eigenvalue weighted by Gasteiger charge is -2.02. The zero-order chi connectivity index (χ0) is 14.8. The maximum absolute atomic E-state index is 11.9. The van der Waals surface area contributed by atoms with Crippen LogP contribution in [0.2, 0.25) is 0 Å². The highest BCUT2D eigenvalue weighted by Crippen LogP contribution is 2.07. The Morgan fingerprint density at radius 2 is 2.14 bits per heavy atom. The van der Waals surface area contributed by atoms with Crippen LogP contribution in [0.3, 0.4) is 0 Å². The van der Waals surface area contributed by atoms with E-state index in [1.807, 2.05) is 35.9 Å². The van der Waals surface area contributed by atoms with Crippen molar-refractivity contribution in [3.8, 4) is 0 Å². The molecule has 3 aromatic rings. The van der Waals surface area contributed by atoms with Crippen molar-refractivity contribution >= 4 is 11.6 Å². The first kappa shape index (κ1) is 13.1. The van der Waals surface area contributed by atoms with Gasteiger partial charge in [0.15, 0.2) is 0 Å². The Morgan fingerprint density at radius 1 is 1.29 bits per heavy atom. The number of hydrogen-bond donors (Lipinski definition) is 2. The van der Waals surface area contributed by atoms with Crippen LogP contribution in [0, 0.1) is 6.92 Å². The lowest BCUT2D eigenvalue weighted by molar-refractivity contribution is 0.0950. The van der Waals surface area contributed by atoms with Crippen LogP contribution in [0.5, 0.6) is 0 Å². The fraction of sp³-hybridized carbons (Fsp3) is 0.133. The Balaban J connectivity index is 1.72. The lowest BCUT2D eigenvalue weighted by atomic mass is 10.2. The quantitative estimate of drug-likeness (QED) is 0.759. The maximum Gasteiger partial charge on any atom is 0.253 e. The van der Waals surface area contributed by atoms with Crippen molar-refractivity contribution in [2.24, 2.45) is 0 Å². The Hall–Kier alpha value is -2.89. The lowest BCUT2D eigenvalue weighted by Crippen LogP contribution is -2.23. The topological polar surface area (TPSA) is 79.3 Å². The Kier molecular flexibility index (Phi) is 3.27. The first-order chi connectivity index (χ1) is 10.1. The van der Waals surface area contributed by atoms with E-state index in [-0.39, 0.29) is 11.5 Å². The number of nitrogens with zero attached hydrogens (tertiary/aromatic N) is 2. The predicted molar refractivity (Wildman–Crippen MR) is 78.2 cm³/mol. The number of aryl methyl sites for hydroxylation is 1. The average molecular weight is 282 g/mol. The molecule has 21 heavy (non-hydrogen) atoms. The molecule has 0 fully saturated rings. The molecule has 6 heteroatoms. The Bertz CT molecular complexity index is 843. The van der Waals surface area contributed by atoms with Crippen LogP contribution < -0.4 is 10.9 Å². The summed E-state index contributed by atoms with van der Waals surface area (Å²) in [6, 6.07) is 6.73. The molecule has 1 amide bonds.